The topological polar surface area (TPSA) is 46.6 Å². The number of methoxy groups -OCH3 is 2. The van der Waals surface area contributed by atoms with Crippen LogP contribution in [0.2, 0.25) is 0 Å². The van der Waals surface area contributed by atoms with E-state index in [9.17, 15) is 0 Å². The smallest absolute Gasteiger partial charge is 0.230 e. The Hall–Kier alpha value is -0.850. The Kier molecular flexibility index (Phi) is 5.51. The second-order valence-electron chi connectivity index (χ2n) is 3.49. The zero-order valence-electron chi connectivity index (χ0n) is 10.2. The number of aromatic nitrogens is 1. The summed E-state index contributed by atoms with van der Waals surface area (Å²) in [4.78, 5) is 7.47. The predicted molar refractivity (Wildman–Crippen MR) is 66.6 cm³/mol. The van der Waals surface area contributed by atoms with Crippen LogP contribution in [-0.2, 0) is 11.3 Å². The van der Waals surface area contributed by atoms with Gasteiger partial charge in [0.25, 0.3) is 0 Å². The first-order valence-electron chi connectivity index (χ1n) is 5.09. The van der Waals surface area contributed by atoms with Crippen LogP contribution in [0.15, 0.2) is 0 Å². The van der Waals surface area contributed by atoms with Crippen molar-refractivity contribution in [3.8, 4) is 5.88 Å². The molecule has 0 unspecified atom stereocenters. The molecule has 0 amide bonds. The number of nitrogens with one attached hydrogen (secondary N) is 1. The van der Waals surface area contributed by atoms with Gasteiger partial charge < -0.3 is 19.7 Å². The fraction of sp³-hybridized carbons (Fsp3) is 0.700. The maximum atomic E-state index is 5.23. The summed E-state index contributed by atoms with van der Waals surface area (Å²) >= 11 is 1.64. The Bertz CT molecular complexity index is 315. The third kappa shape index (κ3) is 3.62. The average Bonchev–Trinajstić information content (AvgIpc) is 2.68. The van der Waals surface area contributed by atoms with Gasteiger partial charge in [-0.25, -0.2) is 0 Å². The van der Waals surface area contributed by atoms with Crippen molar-refractivity contribution in [3.63, 3.8) is 0 Å². The highest BCUT2D eigenvalue weighted by Crippen LogP contribution is 2.29. The van der Waals surface area contributed by atoms with E-state index in [1.165, 1.54) is 0 Å². The molecule has 1 rings (SSSR count). The van der Waals surface area contributed by atoms with E-state index >= 15 is 0 Å². The monoisotopic (exact) mass is 245 g/mol. The molecule has 92 valence electrons. The van der Waals surface area contributed by atoms with Crippen LogP contribution in [0.3, 0.4) is 0 Å². The summed E-state index contributed by atoms with van der Waals surface area (Å²) in [6, 6.07) is 0. The molecule has 0 atom stereocenters. The molecule has 6 heteroatoms. The molecule has 0 aliphatic rings. The van der Waals surface area contributed by atoms with Gasteiger partial charge in [0.05, 0.1) is 18.6 Å². The molecule has 0 spiro atoms. The number of ether oxygens (including phenoxy) is 2. The van der Waals surface area contributed by atoms with Crippen LogP contribution in [0, 0.1) is 0 Å². The van der Waals surface area contributed by atoms with Crippen LogP contribution in [0.1, 0.15) is 4.88 Å². The summed E-state index contributed by atoms with van der Waals surface area (Å²) in [6.07, 6.45) is 0. The van der Waals surface area contributed by atoms with Gasteiger partial charge in [-0.15, -0.1) is 0 Å². The molecule has 0 radical (unpaired) electrons. The fourth-order valence-corrected chi connectivity index (χ4v) is 2.09. The third-order valence-corrected chi connectivity index (χ3v) is 3.20. The van der Waals surface area contributed by atoms with Gasteiger partial charge in [0.1, 0.15) is 0 Å². The van der Waals surface area contributed by atoms with Crippen molar-refractivity contribution >= 4 is 16.5 Å². The first-order chi connectivity index (χ1) is 7.69. The van der Waals surface area contributed by atoms with Gasteiger partial charge in [-0.3, -0.25) is 0 Å². The third-order valence-electron chi connectivity index (χ3n) is 1.99. The van der Waals surface area contributed by atoms with Crippen molar-refractivity contribution in [2.45, 2.75) is 6.54 Å². The summed E-state index contributed by atoms with van der Waals surface area (Å²) in [5, 5.41) is 4.24. The van der Waals surface area contributed by atoms with Crippen molar-refractivity contribution in [1.82, 2.24) is 10.3 Å². The second-order valence-corrected chi connectivity index (χ2v) is 4.55. The molecule has 0 saturated carbocycles. The first-order valence-corrected chi connectivity index (χ1v) is 5.91. The second kappa shape index (κ2) is 6.67. The van der Waals surface area contributed by atoms with Crippen LogP contribution >= 0.6 is 11.3 Å². The van der Waals surface area contributed by atoms with E-state index in [2.05, 4.69) is 10.3 Å². The zero-order chi connectivity index (χ0) is 12.0. The summed E-state index contributed by atoms with van der Waals surface area (Å²) in [5.74, 6) is 0.707. The molecule has 0 bridgehead atoms. The highest BCUT2D eigenvalue weighted by atomic mass is 32.1. The van der Waals surface area contributed by atoms with Gasteiger partial charge in [-0.2, -0.15) is 4.98 Å². The minimum atomic E-state index is 0.707. The highest BCUT2D eigenvalue weighted by molar-refractivity contribution is 7.15. The van der Waals surface area contributed by atoms with Crippen molar-refractivity contribution in [2.75, 3.05) is 46.4 Å². The number of hydrogen-bond donors (Lipinski definition) is 1. The Balaban J connectivity index is 2.56. The Morgan fingerprint density at radius 2 is 2.12 bits per heavy atom. The SMILES string of the molecule is COCCNCc1sc(N(C)C)nc1OC. The molecule has 0 aliphatic heterocycles. The van der Waals surface area contributed by atoms with Crippen LogP contribution in [-0.4, -0.2) is 46.5 Å². The number of nitrogens with zero attached hydrogens (tertiary/aromatic N) is 2. The van der Waals surface area contributed by atoms with E-state index in [1.54, 1.807) is 25.6 Å². The lowest BCUT2D eigenvalue weighted by atomic mass is 10.5. The standard InChI is InChI=1S/C10H19N3O2S/c1-13(2)10-12-9(15-4)8(16-10)7-11-5-6-14-3/h11H,5-7H2,1-4H3. The van der Waals surface area contributed by atoms with Gasteiger partial charge in [-0.05, 0) is 0 Å². The lowest BCUT2D eigenvalue weighted by molar-refractivity contribution is 0.199. The molecule has 0 aromatic carbocycles. The van der Waals surface area contributed by atoms with Gasteiger partial charge in [0.2, 0.25) is 5.88 Å². The predicted octanol–water partition coefficient (Wildman–Crippen LogP) is 0.954. The zero-order valence-corrected chi connectivity index (χ0v) is 11.1. The van der Waals surface area contributed by atoms with Gasteiger partial charge in [0, 0.05) is 34.3 Å². The van der Waals surface area contributed by atoms with Crippen molar-refractivity contribution < 1.29 is 9.47 Å². The highest BCUT2D eigenvalue weighted by Gasteiger charge is 2.12. The number of rotatable bonds is 7. The van der Waals surface area contributed by atoms with E-state index < -0.39 is 0 Å². The molecule has 5 nitrogen and oxygen atoms in total. The molecule has 16 heavy (non-hydrogen) atoms. The van der Waals surface area contributed by atoms with E-state index in [0.29, 0.717) is 12.5 Å². The van der Waals surface area contributed by atoms with Crippen molar-refractivity contribution in [1.29, 1.82) is 0 Å². The van der Waals surface area contributed by atoms with E-state index in [1.807, 2.05) is 19.0 Å². The number of thiazole rings is 1. The minimum absolute atomic E-state index is 0.707. The molecule has 0 saturated heterocycles. The van der Waals surface area contributed by atoms with E-state index in [4.69, 9.17) is 9.47 Å². The van der Waals surface area contributed by atoms with Gasteiger partial charge >= 0.3 is 0 Å². The molecule has 1 N–H and O–H groups in total. The van der Waals surface area contributed by atoms with Gasteiger partial charge in [-0.1, -0.05) is 11.3 Å². The van der Waals surface area contributed by atoms with Crippen molar-refractivity contribution in [3.05, 3.63) is 4.88 Å². The van der Waals surface area contributed by atoms with Crippen molar-refractivity contribution in [2.24, 2.45) is 0 Å². The quantitative estimate of drug-likeness (QED) is 0.725. The molecule has 0 fully saturated rings. The van der Waals surface area contributed by atoms with E-state index in [0.717, 1.165) is 23.1 Å². The first kappa shape index (κ1) is 13.2. The van der Waals surface area contributed by atoms with Gasteiger partial charge in [0.15, 0.2) is 5.13 Å². The Labute approximate surface area is 100 Å². The Morgan fingerprint density at radius 1 is 1.38 bits per heavy atom. The molecular weight excluding hydrogens is 226 g/mol. The lowest BCUT2D eigenvalue weighted by Crippen LogP contribution is -2.18. The number of anilines is 1. The largest absolute Gasteiger partial charge is 0.480 e. The normalized spacial score (nSPS) is 10.5. The Morgan fingerprint density at radius 3 is 2.69 bits per heavy atom. The molecular formula is C10H19N3O2S. The fourth-order valence-electron chi connectivity index (χ4n) is 1.16. The molecule has 1 heterocycles. The summed E-state index contributed by atoms with van der Waals surface area (Å²) < 4.78 is 10.2. The summed E-state index contributed by atoms with van der Waals surface area (Å²) in [6.45, 7) is 2.30. The summed E-state index contributed by atoms with van der Waals surface area (Å²) in [7, 11) is 7.28. The maximum Gasteiger partial charge on any atom is 0.230 e. The molecule has 1 aromatic rings. The lowest BCUT2D eigenvalue weighted by Gasteiger charge is -2.05. The number of hydrogen-bond acceptors (Lipinski definition) is 6. The average molecular weight is 245 g/mol. The van der Waals surface area contributed by atoms with E-state index in [-0.39, 0.29) is 0 Å². The minimum Gasteiger partial charge on any atom is -0.480 e. The van der Waals surface area contributed by atoms with Crippen LogP contribution in [0.4, 0.5) is 5.13 Å². The summed E-state index contributed by atoms with van der Waals surface area (Å²) in [5.41, 5.74) is 0. The van der Waals surface area contributed by atoms with Crippen LogP contribution < -0.4 is 15.0 Å². The molecule has 1 aromatic heterocycles. The van der Waals surface area contributed by atoms with Crippen LogP contribution in [0.25, 0.3) is 0 Å². The van der Waals surface area contributed by atoms with Crippen LogP contribution in [0.5, 0.6) is 5.88 Å². The maximum absolute atomic E-state index is 5.23. The molecule has 0 aliphatic carbocycles.